The van der Waals surface area contributed by atoms with Gasteiger partial charge in [-0.3, -0.25) is 9.59 Å². The van der Waals surface area contributed by atoms with Crippen molar-refractivity contribution in [3.8, 4) is 0 Å². The molecular formula is C16H14I2N2O2. The third-order valence-corrected chi connectivity index (χ3v) is 3.61. The molecule has 0 aromatic heterocycles. The van der Waals surface area contributed by atoms with Gasteiger partial charge < -0.3 is 10.6 Å². The molecule has 2 aromatic carbocycles. The predicted molar refractivity (Wildman–Crippen MR) is 107 cm³/mol. The smallest absolute Gasteiger partial charge is 0.196 e. The molecule has 0 spiro atoms. The molecule has 0 fully saturated rings. The molecular weight excluding hydrogens is 506 g/mol. The van der Waals surface area contributed by atoms with Gasteiger partial charge in [-0.1, -0.05) is 24.3 Å². The topological polar surface area (TPSA) is 58.2 Å². The number of benzene rings is 2. The van der Waals surface area contributed by atoms with Crippen LogP contribution in [0.5, 0.6) is 0 Å². The number of nitrogens with one attached hydrogen (secondary N) is 2. The van der Waals surface area contributed by atoms with Crippen LogP contribution >= 0.6 is 37.2 Å². The molecule has 0 radical (unpaired) electrons. The van der Waals surface area contributed by atoms with E-state index in [9.17, 15) is 9.59 Å². The first-order chi connectivity index (χ1) is 10.7. The van der Waals surface area contributed by atoms with Crippen molar-refractivity contribution < 1.29 is 9.59 Å². The van der Waals surface area contributed by atoms with Crippen molar-refractivity contribution in [2.24, 2.45) is 0 Å². The van der Waals surface area contributed by atoms with E-state index in [0.29, 0.717) is 33.6 Å². The molecule has 2 N–H and O–H groups in total. The van der Waals surface area contributed by atoms with Gasteiger partial charge in [0.15, 0.2) is 11.6 Å². The maximum atomic E-state index is 12.7. The first-order valence-corrected chi connectivity index (χ1v) is 12.8. The highest BCUT2D eigenvalue weighted by Gasteiger charge is 2.33. The molecule has 0 unspecified atom stereocenters. The largest absolute Gasteiger partial charge is 0.388 e. The van der Waals surface area contributed by atoms with Gasteiger partial charge in [-0.2, -0.15) is 0 Å². The van der Waals surface area contributed by atoms with Crippen LogP contribution in [0.4, 0.5) is 11.4 Å². The molecule has 6 heteroatoms. The fraction of sp³-hybridized carbons (Fsp3) is 0.125. The lowest BCUT2D eigenvalue weighted by Crippen LogP contribution is -2.23. The Bertz CT molecular complexity index is 683. The van der Waals surface area contributed by atoms with Crippen LogP contribution in [0.15, 0.2) is 36.4 Å². The van der Waals surface area contributed by atoms with Crippen LogP contribution in [0, 0.1) is 0 Å². The van der Waals surface area contributed by atoms with Crippen LogP contribution in [0.25, 0.3) is 0 Å². The van der Waals surface area contributed by atoms with E-state index in [0.717, 1.165) is 0 Å². The number of halogens is 2. The SMILES string of the molecule is CNc1ccc(NC)c2c1C(=O)c1ccccc1C2=O.II. The fourth-order valence-electron chi connectivity index (χ4n) is 2.64. The van der Waals surface area contributed by atoms with Crippen LogP contribution in [0.2, 0.25) is 0 Å². The molecule has 0 saturated carbocycles. The van der Waals surface area contributed by atoms with Gasteiger partial charge in [0, 0.05) is 73.8 Å². The lowest BCUT2D eigenvalue weighted by atomic mass is 9.82. The zero-order valence-electron chi connectivity index (χ0n) is 12.0. The maximum absolute atomic E-state index is 12.7. The van der Waals surface area contributed by atoms with Crippen molar-refractivity contribution in [1.29, 1.82) is 0 Å². The number of hydrogen-bond acceptors (Lipinski definition) is 4. The van der Waals surface area contributed by atoms with Gasteiger partial charge in [0.25, 0.3) is 0 Å². The van der Waals surface area contributed by atoms with Gasteiger partial charge in [0.1, 0.15) is 0 Å². The molecule has 4 nitrogen and oxygen atoms in total. The average molecular weight is 520 g/mol. The third-order valence-electron chi connectivity index (χ3n) is 3.61. The highest BCUT2D eigenvalue weighted by molar-refractivity contribution is 15.0. The monoisotopic (exact) mass is 520 g/mol. The van der Waals surface area contributed by atoms with Crippen molar-refractivity contribution in [2.75, 3.05) is 24.7 Å². The Morgan fingerprint density at radius 3 is 1.41 bits per heavy atom. The Morgan fingerprint density at radius 1 is 0.727 bits per heavy atom. The highest BCUT2D eigenvalue weighted by atomic mass is 128. The Labute approximate surface area is 152 Å². The Morgan fingerprint density at radius 2 is 1.09 bits per heavy atom. The number of anilines is 2. The van der Waals surface area contributed by atoms with Gasteiger partial charge in [0.2, 0.25) is 0 Å². The number of rotatable bonds is 2. The number of hydrogen-bond donors (Lipinski definition) is 2. The van der Waals surface area contributed by atoms with E-state index in [1.54, 1.807) is 38.4 Å². The molecule has 0 heterocycles. The fourth-order valence-corrected chi connectivity index (χ4v) is 2.64. The minimum absolute atomic E-state index is 0.114. The van der Waals surface area contributed by atoms with Crippen LogP contribution in [-0.4, -0.2) is 25.7 Å². The van der Waals surface area contributed by atoms with E-state index in [1.807, 2.05) is 12.1 Å². The van der Waals surface area contributed by atoms with Crippen LogP contribution in [0.3, 0.4) is 0 Å². The standard InChI is InChI=1S/C16H14N2O2.I2/c1-17-11-7-8-12(18-2)14-13(11)15(19)9-5-3-4-6-10(9)16(14)20;1-2/h3-8,17-18H,1-2H3;. The van der Waals surface area contributed by atoms with Crippen molar-refractivity contribution in [2.45, 2.75) is 0 Å². The summed E-state index contributed by atoms with van der Waals surface area (Å²) < 4.78 is 0. The second-order valence-corrected chi connectivity index (χ2v) is 4.61. The Kier molecular flexibility index (Phi) is 5.79. The minimum atomic E-state index is -0.114. The van der Waals surface area contributed by atoms with Crippen molar-refractivity contribution in [1.82, 2.24) is 0 Å². The molecule has 0 bridgehead atoms. The van der Waals surface area contributed by atoms with Crippen LogP contribution < -0.4 is 10.6 Å². The summed E-state index contributed by atoms with van der Waals surface area (Å²) in [5.41, 5.74) is 3.18. The van der Waals surface area contributed by atoms with Crippen LogP contribution in [0.1, 0.15) is 31.8 Å². The summed E-state index contributed by atoms with van der Waals surface area (Å²) in [6, 6.07) is 10.6. The van der Waals surface area contributed by atoms with Gasteiger partial charge >= 0.3 is 0 Å². The molecule has 2 aromatic rings. The van der Waals surface area contributed by atoms with E-state index in [2.05, 4.69) is 47.9 Å². The van der Waals surface area contributed by atoms with E-state index in [4.69, 9.17) is 0 Å². The molecule has 22 heavy (non-hydrogen) atoms. The Balaban J connectivity index is 0.000000847. The van der Waals surface area contributed by atoms with Gasteiger partial charge in [-0.15, -0.1) is 0 Å². The number of carbonyl (C=O) groups excluding carboxylic acids is 2. The Hall–Kier alpha value is -1.16. The predicted octanol–water partition coefficient (Wildman–Crippen LogP) is 4.32. The molecule has 1 aliphatic carbocycles. The van der Waals surface area contributed by atoms with Crippen molar-refractivity contribution >= 4 is 60.2 Å². The summed E-state index contributed by atoms with van der Waals surface area (Å²) in [7, 11) is 3.49. The van der Waals surface area contributed by atoms with Crippen molar-refractivity contribution in [3.63, 3.8) is 0 Å². The summed E-state index contributed by atoms with van der Waals surface area (Å²) in [5, 5.41) is 5.97. The first kappa shape index (κ1) is 17.2. The number of carbonyl (C=O) groups is 2. The summed E-state index contributed by atoms with van der Waals surface area (Å²) in [4.78, 5) is 25.4. The molecule has 0 saturated heterocycles. The average Bonchev–Trinajstić information content (AvgIpc) is 2.60. The molecule has 0 atom stereocenters. The maximum Gasteiger partial charge on any atom is 0.196 e. The molecule has 0 aliphatic heterocycles. The minimum Gasteiger partial charge on any atom is -0.388 e. The summed E-state index contributed by atoms with van der Waals surface area (Å²) in [6.45, 7) is 0. The number of fused-ring (bicyclic) bond motifs is 2. The lowest BCUT2D eigenvalue weighted by molar-refractivity contribution is 0.0980. The molecule has 0 amide bonds. The summed E-state index contributed by atoms with van der Waals surface area (Å²) in [5.74, 6) is -0.228. The van der Waals surface area contributed by atoms with E-state index >= 15 is 0 Å². The second kappa shape index (κ2) is 7.40. The summed E-state index contributed by atoms with van der Waals surface area (Å²) in [6.07, 6.45) is 0. The van der Waals surface area contributed by atoms with Crippen LogP contribution in [-0.2, 0) is 0 Å². The van der Waals surface area contributed by atoms with Gasteiger partial charge in [0.05, 0.1) is 11.1 Å². The third kappa shape index (κ3) is 2.73. The van der Waals surface area contributed by atoms with Crippen molar-refractivity contribution in [3.05, 3.63) is 58.7 Å². The number of ketones is 2. The first-order valence-electron chi connectivity index (χ1n) is 6.54. The summed E-state index contributed by atoms with van der Waals surface area (Å²) >= 11 is 4.24. The zero-order chi connectivity index (χ0) is 16.3. The quantitative estimate of drug-likeness (QED) is 0.495. The second-order valence-electron chi connectivity index (χ2n) is 4.61. The normalized spacial score (nSPS) is 11.8. The highest BCUT2D eigenvalue weighted by Crippen LogP contribution is 2.35. The lowest BCUT2D eigenvalue weighted by Gasteiger charge is -2.22. The molecule has 114 valence electrons. The van der Waals surface area contributed by atoms with E-state index in [1.165, 1.54) is 0 Å². The van der Waals surface area contributed by atoms with E-state index in [-0.39, 0.29) is 11.6 Å². The zero-order valence-corrected chi connectivity index (χ0v) is 16.4. The van der Waals surface area contributed by atoms with Gasteiger partial charge in [-0.05, 0) is 12.1 Å². The molecule has 3 rings (SSSR count). The van der Waals surface area contributed by atoms with E-state index < -0.39 is 0 Å². The van der Waals surface area contributed by atoms with Gasteiger partial charge in [-0.25, -0.2) is 0 Å². The molecule has 1 aliphatic rings.